The summed E-state index contributed by atoms with van der Waals surface area (Å²) in [5.74, 6) is -0.247. The first-order valence-electron chi connectivity index (χ1n) is 12.7. The van der Waals surface area contributed by atoms with Gasteiger partial charge in [0, 0.05) is 35.7 Å². The van der Waals surface area contributed by atoms with Crippen molar-refractivity contribution in [2.45, 2.75) is 38.1 Å². The van der Waals surface area contributed by atoms with Crippen LogP contribution in [0.1, 0.15) is 39.0 Å². The van der Waals surface area contributed by atoms with Gasteiger partial charge in [0.15, 0.2) is 0 Å². The van der Waals surface area contributed by atoms with E-state index in [-0.39, 0.29) is 10.8 Å². The fourth-order valence-corrected chi connectivity index (χ4v) is 5.75. The standard InChI is InChI=1S/C31H31N3O3S/c1-22-9-14-28(20-23(22)2)33-38(36,37)29-17-15-27(16-18-29)32-31(35)26-12-10-24(11-13-26)21-34-19-5-7-25-6-3-4-8-30(25)34/h3-4,6,8-18,20,33H,5,7,19,21H2,1-2H3,(H,32,35). The Hall–Kier alpha value is -4.10. The van der Waals surface area contributed by atoms with Crippen LogP contribution in [0.4, 0.5) is 17.1 Å². The van der Waals surface area contributed by atoms with E-state index in [9.17, 15) is 13.2 Å². The minimum Gasteiger partial charge on any atom is -0.367 e. The van der Waals surface area contributed by atoms with Crippen molar-refractivity contribution in [2.75, 3.05) is 21.5 Å². The van der Waals surface area contributed by atoms with Crippen LogP contribution in [0, 0.1) is 13.8 Å². The lowest BCUT2D eigenvalue weighted by Crippen LogP contribution is -2.28. The number of anilines is 3. The van der Waals surface area contributed by atoms with Crippen molar-refractivity contribution in [3.63, 3.8) is 0 Å². The zero-order chi connectivity index (χ0) is 26.7. The van der Waals surface area contributed by atoms with Gasteiger partial charge in [-0.05, 0) is 104 Å². The summed E-state index contributed by atoms with van der Waals surface area (Å²) in [6.45, 7) is 5.73. The molecule has 1 amide bonds. The number of hydrogen-bond acceptors (Lipinski definition) is 4. The first-order valence-corrected chi connectivity index (χ1v) is 14.2. The van der Waals surface area contributed by atoms with Crippen LogP contribution >= 0.6 is 0 Å². The lowest BCUT2D eigenvalue weighted by Gasteiger charge is -2.31. The molecule has 7 heteroatoms. The molecule has 0 bridgehead atoms. The molecule has 6 nitrogen and oxygen atoms in total. The molecule has 0 unspecified atom stereocenters. The number of sulfonamides is 1. The Kier molecular flexibility index (Phi) is 7.20. The number of fused-ring (bicyclic) bond motifs is 1. The van der Waals surface area contributed by atoms with Crippen LogP contribution < -0.4 is 14.9 Å². The number of rotatable bonds is 7. The lowest BCUT2D eigenvalue weighted by molar-refractivity contribution is 0.102. The Morgan fingerprint density at radius 3 is 2.29 bits per heavy atom. The van der Waals surface area contributed by atoms with Gasteiger partial charge in [-0.2, -0.15) is 0 Å². The summed E-state index contributed by atoms with van der Waals surface area (Å²) >= 11 is 0. The molecule has 0 aliphatic carbocycles. The highest BCUT2D eigenvalue weighted by atomic mass is 32.2. The minimum absolute atomic E-state index is 0.123. The van der Waals surface area contributed by atoms with Crippen molar-refractivity contribution in [2.24, 2.45) is 0 Å². The van der Waals surface area contributed by atoms with Crippen LogP contribution in [-0.2, 0) is 23.0 Å². The fourth-order valence-electron chi connectivity index (χ4n) is 4.70. The Bertz CT molecular complexity index is 1560. The van der Waals surface area contributed by atoms with Gasteiger partial charge in [-0.25, -0.2) is 8.42 Å². The molecule has 0 saturated carbocycles. The van der Waals surface area contributed by atoms with Crippen molar-refractivity contribution in [3.8, 4) is 0 Å². The maximum atomic E-state index is 12.8. The van der Waals surface area contributed by atoms with Gasteiger partial charge in [0.05, 0.1) is 4.90 Å². The topological polar surface area (TPSA) is 78.5 Å². The first-order chi connectivity index (χ1) is 18.3. The van der Waals surface area contributed by atoms with E-state index in [1.165, 1.54) is 23.4 Å². The van der Waals surface area contributed by atoms with Gasteiger partial charge < -0.3 is 10.2 Å². The number of para-hydroxylation sites is 1. The van der Waals surface area contributed by atoms with E-state index >= 15 is 0 Å². The van der Waals surface area contributed by atoms with Crippen molar-refractivity contribution in [1.29, 1.82) is 0 Å². The molecule has 38 heavy (non-hydrogen) atoms. The molecule has 4 aromatic rings. The summed E-state index contributed by atoms with van der Waals surface area (Å²) in [4.78, 5) is 15.3. The summed E-state index contributed by atoms with van der Waals surface area (Å²) in [7, 11) is -3.74. The highest BCUT2D eigenvalue weighted by molar-refractivity contribution is 7.92. The number of carbonyl (C=O) groups is 1. The van der Waals surface area contributed by atoms with Gasteiger partial charge in [-0.15, -0.1) is 0 Å². The maximum Gasteiger partial charge on any atom is 0.261 e. The van der Waals surface area contributed by atoms with E-state index in [2.05, 4.69) is 39.2 Å². The van der Waals surface area contributed by atoms with E-state index in [1.807, 2.05) is 44.2 Å². The van der Waals surface area contributed by atoms with E-state index in [4.69, 9.17) is 0 Å². The molecule has 0 aromatic heterocycles. The highest BCUT2D eigenvalue weighted by Gasteiger charge is 2.17. The summed E-state index contributed by atoms with van der Waals surface area (Å²) in [5.41, 5.74) is 7.49. The van der Waals surface area contributed by atoms with Crippen LogP contribution in [0.25, 0.3) is 0 Å². The zero-order valence-corrected chi connectivity index (χ0v) is 22.4. The molecule has 0 atom stereocenters. The van der Waals surface area contributed by atoms with Gasteiger partial charge in [-0.3, -0.25) is 9.52 Å². The van der Waals surface area contributed by atoms with Crippen LogP contribution in [0.2, 0.25) is 0 Å². The van der Waals surface area contributed by atoms with Crippen LogP contribution in [0.15, 0.2) is 95.9 Å². The second kappa shape index (κ2) is 10.7. The molecular formula is C31H31N3O3S. The predicted molar refractivity (Wildman–Crippen MR) is 153 cm³/mol. The third kappa shape index (κ3) is 5.73. The number of nitrogens with zero attached hydrogens (tertiary/aromatic N) is 1. The van der Waals surface area contributed by atoms with Crippen molar-refractivity contribution in [3.05, 3.63) is 119 Å². The van der Waals surface area contributed by atoms with Crippen LogP contribution in [0.5, 0.6) is 0 Å². The molecule has 194 valence electrons. The maximum absolute atomic E-state index is 12.8. The molecule has 1 aliphatic heterocycles. The molecule has 1 heterocycles. The van der Waals surface area contributed by atoms with Crippen molar-refractivity contribution >= 4 is 33.0 Å². The highest BCUT2D eigenvalue weighted by Crippen LogP contribution is 2.28. The van der Waals surface area contributed by atoms with Gasteiger partial charge in [0.25, 0.3) is 15.9 Å². The fraction of sp³-hybridized carbons (Fsp3) is 0.194. The average Bonchev–Trinajstić information content (AvgIpc) is 2.91. The third-order valence-corrected chi connectivity index (χ3v) is 8.37. The summed E-state index contributed by atoms with van der Waals surface area (Å²) < 4.78 is 28.2. The van der Waals surface area contributed by atoms with E-state index in [0.29, 0.717) is 16.9 Å². The number of nitrogens with one attached hydrogen (secondary N) is 2. The third-order valence-electron chi connectivity index (χ3n) is 6.98. The Morgan fingerprint density at radius 1 is 0.842 bits per heavy atom. The molecule has 0 fully saturated rings. The van der Waals surface area contributed by atoms with Crippen LogP contribution in [0.3, 0.4) is 0 Å². The first kappa shape index (κ1) is 25.5. The molecule has 2 N–H and O–H groups in total. The van der Waals surface area contributed by atoms with Gasteiger partial charge in [0.2, 0.25) is 0 Å². The van der Waals surface area contributed by atoms with Crippen molar-refractivity contribution < 1.29 is 13.2 Å². The average molecular weight is 526 g/mol. The Morgan fingerprint density at radius 2 is 1.55 bits per heavy atom. The van der Waals surface area contributed by atoms with E-state index in [1.54, 1.807) is 24.3 Å². The molecule has 0 spiro atoms. The molecule has 4 aromatic carbocycles. The Labute approximate surface area is 224 Å². The number of hydrogen-bond donors (Lipinski definition) is 2. The largest absolute Gasteiger partial charge is 0.367 e. The predicted octanol–water partition coefficient (Wildman–Crippen LogP) is 6.31. The molecular weight excluding hydrogens is 494 g/mol. The van der Waals surface area contributed by atoms with Crippen molar-refractivity contribution in [1.82, 2.24) is 0 Å². The quantitative estimate of drug-likeness (QED) is 0.296. The lowest BCUT2D eigenvalue weighted by atomic mass is 10.0. The SMILES string of the molecule is Cc1ccc(NS(=O)(=O)c2ccc(NC(=O)c3ccc(CN4CCCc5ccccc54)cc3)cc2)cc1C. The Balaban J connectivity index is 1.21. The van der Waals surface area contributed by atoms with Crippen LogP contribution in [-0.4, -0.2) is 20.9 Å². The monoisotopic (exact) mass is 525 g/mol. The van der Waals surface area contributed by atoms with Gasteiger partial charge >= 0.3 is 0 Å². The number of benzene rings is 4. The smallest absolute Gasteiger partial charge is 0.261 e. The summed E-state index contributed by atoms with van der Waals surface area (Å²) in [6, 6.07) is 27.7. The molecule has 0 saturated heterocycles. The van der Waals surface area contributed by atoms with Gasteiger partial charge in [0.1, 0.15) is 0 Å². The second-order valence-electron chi connectivity index (χ2n) is 9.73. The summed E-state index contributed by atoms with van der Waals surface area (Å²) in [6.07, 6.45) is 2.25. The summed E-state index contributed by atoms with van der Waals surface area (Å²) in [5, 5.41) is 2.85. The van der Waals surface area contributed by atoms with Gasteiger partial charge in [-0.1, -0.05) is 36.4 Å². The molecule has 5 rings (SSSR count). The molecule has 0 radical (unpaired) electrons. The number of amides is 1. The van der Waals surface area contributed by atoms with E-state index < -0.39 is 10.0 Å². The molecule has 1 aliphatic rings. The minimum atomic E-state index is -3.74. The van der Waals surface area contributed by atoms with E-state index in [0.717, 1.165) is 42.6 Å². The normalized spacial score (nSPS) is 13.1. The second-order valence-corrected chi connectivity index (χ2v) is 11.4. The number of carbonyl (C=O) groups excluding carboxylic acids is 1. The number of aryl methyl sites for hydroxylation is 3. The zero-order valence-electron chi connectivity index (χ0n) is 21.6.